The highest BCUT2D eigenvalue weighted by molar-refractivity contribution is 6.02. The summed E-state index contributed by atoms with van der Waals surface area (Å²) in [4.78, 5) is 27.4. The van der Waals surface area contributed by atoms with Crippen LogP contribution in [0.1, 0.15) is 52.4 Å². The fraction of sp³-hybridized carbons (Fsp3) is 0.333. The van der Waals surface area contributed by atoms with Gasteiger partial charge in [-0.25, -0.2) is 13.6 Å². The number of methoxy groups -OCH3 is 2. The highest BCUT2D eigenvalue weighted by Crippen LogP contribution is 2.45. The third-order valence-electron chi connectivity index (χ3n) is 8.66. The second-order valence-electron chi connectivity index (χ2n) is 11.4. The molecule has 236 valence electrons. The van der Waals surface area contributed by atoms with Crippen molar-refractivity contribution in [2.24, 2.45) is 0 Å². The van der Waals surface area contributed by atoms with Gasteiger partial charge in [-0.05, 0) is 77.5 Å². The van der Waals surface area contributed by atoms with Crippen LogP contribution in [0.4, 0.5) is 8.78 Å². The molecule has 0 bridgehead atoms. The van der Waals surface area contributed by atoms with Crippen LogP contribution in [0.15, 0.2) is 66.7 Å². The van der Waals surface area contributed by atoms with Crippen LogP contribution >= 0.6 is 0 Å². The molecule has 2 N–H and O–H groups in total. The zero-order valence-corrected chi connectivity index (χ0v) is 25.7. The molecule has 1 fully saturated rings. The maximum absolute atomic E-state index is 14.5. The Kier molecular flexibility index (Phi) is 9.98. The minimum atomic E-state index is -1.29. The zero-order valence-electron chi connectivity index (χ0n) is 25.7. The van der Waals surface area contributed by atoms with Crippen LogP contribution in [-0.2, 0) is 11.2 Å². The number of halogens is 2. The molecule has 0 aliphatic carbocycles. The highest BCUT2D eigenvalue weighted by atomic mass is 19.1. The van der Waals surface area contributed by atoms with Crippen LogP contribution in [0, 0.1) is 12.7 Å². The van der Waals surface area contributed by atoms with Gasteiger partial charge in [0.25, 0.3) is 5.91 Å². The van der Waals surface area contributed by atoms with Gasteiger partial charge in [0, 0.05) is 19.0 Å². The Morgan fingerprint density at radius 3 is 2.36 bits per heavy atom. The van der Waals surface area contributed by atoms with E-state index < -0.39 is 30.4 Å². The van der Waals surface area contributed by atoms with E-state index in [1.165, 1.54) is 12.1 Å². The van der Waals surface area contributed by atoms with E-state index in [1.807, 2.05) is 48.5 Å². The van der Waals surface area contributed by atoms with Crippen LogP contribution in [0.5, 0.6) is 11.5 Å². The number of aliphatic carboxylic acids is 1. The first-order valence-corrected chi connectivity index (χ1v) is 15.1. The van der Waals surface area contributed by atoms with Crippen molar-refractivity contribution in [3.05, 3.63) is 94.8 Å². The molecule has 0 radical (unpaired) electrons. The molecule has 1 aliphatic rings. The van der Waals surface area contributed by atoms with Crippen molar-refractivity contribution in [1.82, 2.24) is 10.2 Å². The van der Waals surface area contributed by atoms with Crippen molar-refractivity contribution in [1.29, 1.82) is 0 Å². The molecule has 0 saturated carbocycles. The van der Waals surface area contributed by atoms with E-state index in [-0.39, 0.29) is 18.0 Å². The molecular weight excluding hydrogens is 578 g/mol. The number of nitrogens with one attached hydrogen (secondary N) is 1. The summed E-state index contributed by atoms with van der Waals surface area (Å²) in [6.45, 7) is 2.41. The summed E-state index contributed by atoms with van der Waals surface area (Å²) in [7, 11) is 3.21. The SMILES string of the molecule is COc1cc(C2CCCCN2CCF)cc(OC)c1-c1cccc2c(C[C@H](NC(=O)c3c(C)cccc3F)C(=O)O)cccc12. The van der Waals surface area contributed by atoms with Crippen molar-refractivity contribution in [2.75, 3.05) is 34.0 Å². The smallest absolute Gasteiger partial charge is 0.326 e. The number of rotatable bonds is 11. The van der Waals surface area contributed by atoms with Gasteiger partial charge in [0.1, 0.15) is 30.0 Å². The largest absolute Gasteiger partial charge is 0.496 e. The summed E-state index contributed by atoms with van der Waals surface area (Å²) in [6.07, 6.45) is 3.00. The van der Waals surface area contributed by atoms with Gasteiger partial charge >= 0.3 is 5.97 Å². The summed E-state index contributed by atoms with van der Waals surface area (Å²) in [5.41, 5.74) is 3.53. The minimum absolute atomic E-state index is 0.0192. The van der Waals surface area contributed by atoms with Crippen LogP contribution in [0.3, 0.4) is 0 Å². The van der Waals surface area contributed by atoms with E-state index in [9.17, 15) is 23.5 Å². The second-order valence-corrected chi connectivity index (χ2v) is 11.4. The molecule has 4 aromatic rings. The van der Waals surface area contributed by atoms with Crippen molar-refractivity contribution < 1.29 is 33.0 Å². The standard InChI is InChI=1S/C36H38F2N2O5/c1-22-9-6-14-28(38)33(22)35(41)39-29(36(42)43)19-23-10-7-12-26-25(23)11-8-13-27(26)34-31(44-2)20-24(21-32(34)45-3)30-15-4-5-17-40(30)18-16-37/h6-14,20-21,29-30H,4-5,15-19H2,1-3H3,(H,39,41)(H,42,43)/t29-,30?/m0/s1. The third-order valence-corrected chi connectivity index (χ3v) is 8.66. The number of ether oxygens (including phenoxy) is 2. The maximum atomic E-state index is 14.5. The van der Waals surface area contributed by atoms with Gasteiger partial charge in [0.05, 0.1) is 25.3 Å². The average Bonchev–Trinajstić information content (AvgIpc) is 3.04. The van der Waals surface area contributed by atoms with Gasteiger partial charge in [-0.2, -0.15) is 0 Å². The van der Waals surface area contributed by atoms with Gasteiger partial charge in [-0.1, -0.05) is 55.0 Å². The second kappa shape index (κ2) is 14.1. The lowest BCUT2D eigenvalue weighted by molar-refractivity contribution is -0.139. The Labute approximate surface area is 261 Å². The zero-order chi connectivity index (χ0) is 32.1. The Balaban J connectivity index is 1.53. The number of carboxylic acid groups (broad SMARTS) is 1. The van der Waals surface area contributed by atoms with Crippen LogP contribution in [0.2, 0.25) is 0 Å². The normalized spacial score (nSPS) is 15.9. The van der Waals surface area contributed by atoms with Gasteiger partial charge < -0.3 is 19.9 Å². The number of alkyl halides is 1. The van der Waals surface area contributed by atoms with E-state index in [0.717, 1.165) is 53.3 Å². The number of aryl methyl sites for hydroxylation is 1. The summed E-state index contributed by atoms with van der Waals surface area (Å²) in [6, 6.07) is 18.4. The van der Waals surface area contributed by atoms with E-state index in [0.29, 0.717) is 29.2 Å². The van der Waals surface area contributed by atoms with Crippen LogP contribution < -0.4 is 14.8 Å². The quantitative estimate of drug-likeness (QED) is 0.191. The molecular formula is C36H38F2N2O5. The van der Waals surface area contributed by atoms with Crippen molar-refractivity contribution in [3.63, 3.8) is 0 Å². The lowest BCUT2D eigenvalue weighted by Gasteiger charge is -2.36. The number of hydrogen-bond acceptors (Lipinski definition) is 5. The van der Waals surface area contributed by atoms with E-state index in [4.69, 9.17) is 9.47 Å². The molecule has 1 saturated heterocycles. The first-order chi connectivity index (χ1) is 21.8. The number of hydrogen-bond donors (Lipinski definition) is 2. The lowest BCUT2D eigenvalue weighted by Crippen LogP contribution is -2.42. The highest BCUT2D eigenvalue weighted by Gasteiger charge is 2.28. The number of carbonyl (C=O) groups is 2. The molecule has 7 nitrogen and oxygen atoms in total. The van der Waals surface area contributed by atoms with E-state index in [2.05, 4.69) is 10.2 Å². The summed E-state index contributed by atoms with van der Waals surface area (Å²) in [5, 5.41) is 14.2. The predicted octanol–water partition coefficient (Wildman–Crippen LogP) is 6.89. The number of amides is 1. The van der Waals surface area contributed by atoms with Crippen LogP contribution in [0.25, 0.3) is 21.9 Å². The summed E-state index contributed by atoms with van der Waals surface area (Å²) < 4.78 is 39.7. The van der Waals surface area contributed by atoms with Crippen LogP contribution in [-0.4, -0.2) is 61.9 Å². The molecule has 1 heterocycles. The number of benzene rings is 4. The van der Waals surface area contributed by atoms with Crippen molar-refractivity contribution in [2.45, 2.75) is 44.7 Å². The topological polar surface area (TPSA) is 88.1 Å². The summed E-state index contributed by atoms with van der Waals surface area (Å²) >= 11 is 0. The Hall–Kier alpha value is -4.50. The molecule has 1 amide bonds. The first-order valence-electron chi connectivity index (χ1n) is 15.1. The Morgan fingerprint density at radius 1 is 1.00 bits per heavy atom. The molecule has 5 rings (SSSR count). The number of likely N-dealkylation sites (tertiary alicyclic amines) is 1. The lowest BCUT2D eigenvalue weighted by atomic mass is 9.89. The van der Waals surface area contributed by atoms with E-state index >= 15 is 0 Å². The number of carbonyl (C=O) groups excluding carboxylic acids is 1. The molecule has 45 heavy (non-hydrogen) atoms. The molecule has 4 aromatic carbocycles. The number of piperidine rings is 1. The molecule has 1 unspecified atom stereocenters. The first kappa shape index (κ1) is 31.9. The van der Waals surface area contributed by atoms with Gasteiger partial charge in [0.2, 0.25) is 0 Å². The van der Waals surface area contributed by atoms with E-state index in [1.54, 1.807) is 27.2 Å². The fourth-order valence-corrected chi connectivity index (χ4v) is 6.48. The molecule has 0 spiro atoms. The third kappa shape index (κ3) is 6.63. The van der Waals surface area contributed by atoms with Gasteiger partial charge in [-0.3, -0.25) is 9.69 Å². The molecule has 9 heteroatoms. The summed E-state index contributed by atoms with van der Waals surface area (Å²) in [5.74, 6) is -1.49. The molecule has 0 aromatic heterocycles. The fourth-order valence-electron chi connectivity index (χ4n) is 6.48. The average molecular weight is 617 g/mol. The van der Waals surface area contributed by atoms with Gasteiger partial charge in [0.15, 0.2) is 0 Å². The Morgan fingerprint density at radius 2 is 1.69 bits per heavy atom. The number of fused-ring (bicyclic) bond motifs is 1. The predicted molar refractivity (Wildman–Crippen MR) is 170 cm³/mol. The van der Waals surface area contributed by atoms with Crippen molar-refractivity contribution >= 4 is 22.6 Å². The van der Waals surface area contributed by atoms with Crippen molar-refractivity contribution in [3.8, 4) is 22.6 Å². The maximum Gasteiger partial charge on any atom is 0.326 e. The monoisotopic (exact) mass is 616 g/mol. The number of carboxylic acids is 1. The number of nitrogens with zero attached hydrogens (tertiary/aromatic N) is 1. The molecule has 2 atom stereocenters. The Bertz CT molecular complexity index is 1660. The molecule has 1 aliphatic heterocycles. The minimum Gasteiger partial charge on any atom is -0.496 e. The van der Waals surface area contributed by atoms with Gasteiger partial charge in [-0.15, -0.1) is 0 Å².